The maximum absolute atomic E-state index is 13.4. The lowest BCUT2D eigenvalue weighted by Crippen LogP contribution is -2.45. The van der Waals surface area contributed by atoms with Gasteiger partial charge in [-0.15, -0.1) is 0 Å². The first-order valence-corrected chi connectivity index (χ1v) is 24.4. The summed E-state index contributed by atoms with van der Waals surface area (Å²) < 4.78 is 46.9. The highest BCUT2D eigenvalue weighted by molar-refractivity contribution is 5.96. The van der Waals surface area contributed by atoms with Crippen LogP contribution in [0.1, 0.15) is 131 Å². The van der Waals surface area contributed by atoms with Crippen molar-refractivity contribution in [2.24, 2.45) is 16.7 Å². The number of hydrogen-bond acceptors (Lipinski definition) is 10. The summed E-state index contributed by atoms with van der Waals surface area (Å²) >= 11 is 0. The molecule has 0 unspecified atom stereocenters. The van der Waals surface area contributed by atoms with Crippen LogP contribution in [0.25, 0.3) is 21.5 Å². The van der Waals surface area contributed by atoms with Crippen molar-refractivity contribution >= 4 is 33.5 Å². The first-order valence-electron chi connectivity index (χ1n) is 24.4. The average Bonchev–Trinajstić information content (AvgIpc) is 3.29. The fourth-order valence-electron chi connectivity index (χ4n) is 9.03. The molecule has 64 heavy (non-hydrogen) atoms. The molecule has 0 aromatic heterocycles. The van der Waals surface area contributed by atoms with E-state index in [1.54, 1.807) is 0 Å². The number of hydrogen-bond donors (Lipinski definition) is 0. The lowest BCUT2D eigenvalue weighted by Gasteiger charge is -2.40. The van der Waals surface area contributed by atoms with Crippen molar-refractivity contribution in [2.45, 2.75) is 123 Å². The van der Waals surface area contributed by atoms with E-state index in [0.29, 0.717) is 43.6 Å². The summed E-state index contributed by atoms with van der Waals surface area (Å²) in [7, 11) is 0. The number of carbonyl (C=O) groups excluding carboxylic acids is 2. The van der Waals surface area contributed by atoms with E-state index >= 15 is 0 Å². The smallest absolute Gasteiger partial charge is 0.338 e. The molecule has 1 saturated carbocycles. The van der Waals surface area contributed by atoms with E-state index in [-0.39, 0.29) is 40.9 Å². The summed E-state index contributed by atoms with van der Waals surface area (Å²) in [5, 5.41) is 3.96. The summed E-state index contributed by atoms with van der Waals surface area (Å²) in [5.74, 6) is 1.11. The van der Waals surface area contributed by atoms with Gasteiger partial charge in [0, 0.05) is 24.0 Å². The van der Waals surface area contributed by atoms with Crippen LogP contribution in [0.4, 0.5) is 0 Å². The van der Waals surface area contributed by atoms with Gasteiger partial charge in [0.2, 0.25) is 0 Å². The zero-order valence-electron chi connectivity index (χ0n) is 38.7. The number of ether oxygens (including phenoxy) is 8. The SMILES string of the molecule is CC[C@@H]1C[C@H](OC(=O)c2ccc3cc(OCCCCCCOCC4(CC)COC4)ccc3c2)CC[C@H]1OC(=O)c1ccc2cc(OCCCCCCOCC3(CC)COC3)ccc2c1. The van der Waals surface area contributed by atoms with Crippen molar-refractivity contribution in [1.29, 1.82) is 0 Å². The van der Waals surface area contributed by atoms with Gasteiger partial charge < -0.3 is 37.9 Å². The Labute approximate surface area is 380 Å². The second kappa shape index (κ2) is 23.8. The van der Waals surface area contributed by atoms with Crippen LogP contribution in [0.5, 0.6) is 11.5 Å². The number of benzene rings is 4. The Bertz CT molecular complexity index is 2080. The van der Waals surface area contributed by atoms with Crippen LogP contribution in [0, 0.1) is 16.7 Å². The van der Waals surface area contributed by atoms with Gasteiger partial charge in [0.15, 0.2) is 0 Å². The molecule has 4 aromatic carbocycles. The summed E-state index contributed by atoms with van der Waals surface area (Å²) in [6.07, 6.45) is 13.1. The summed E-state index contributed by atoms with van der Waals surface area (Å²) in [5.41, 5.74) is 1.57. The Hall–Kier alpha value is -4.22. The molecule has 0 amide bonds. The molecule has 0 N–H and O–H groups in total. The monoisotopic (exact) mass is 881 g/mol. The molecule has 3 fully saturated rings. The summed E-state index contributed by atoms with van der Waals surface area (Å²) in [6, 6.07) is 23.3. The predicted octanol–water partition coefficient (Wildman–Crippen LogP) is 11.7. The standard InChI is InChI=1S/C54H72O10/c1-4-40-31-49(63-51(55)45-17-15-43-32-47(21-19-41(43)29-45)61-27-13-9-7-11-25-57-34-53(5-2)36-59-37-53)23-24-50(40)64-52(56)46-18-16-44-33-48(22-20-42(44)30-46)62-28-14-10-8-12-26-58-35-54(6-3)38-60-39-54/h15-22,29-30,32-33,40,49-50H,4-14,23-28,31,34-39H2,1-3H3/t40-,49-,50-/m1/s1. The maximum Gasteiger partial charge on any atom is 0.338 e. The van der Waals surface area contributed by atoms with Crippen molar-refractivity contribution in [1.82, 2.24) is 0 Å². The maximum atomic E-state index is 13.4. The third-order valence-corrected chi connectivity index (χ3v) is 13.9. The van der Waals surface area contributed by atoms with Gasteiger partial charge in [-0.25, -0.2) is 9.59 Å². The molecule has 348 valence electrons. The van der Waals surface area contributed by atoms with Crippen LogP contribution >= 0.6 is 0 Å². The van der Waals surface area contributed by atoms with Gasteiger partial charge in [-0.1, -0.05) is 57.9 Å². The average molecular weight is 881 g/mol. The first kappa shape index (κ1) is 47.7. The van der Waals surface area contributed by atoms with Gasteiger partial charge in [-0.3, -0.25) is 0 Å². The second-order valence-electron chi connectivity index (χ2n) is 18.7. The lowest BCUT2D eigenvalue weighted by molar-refractivity contribution is -0.150. The minimum atomic E-state index is -0.327. The number of esters is 2. The molecule has 7 rings (SSSR count). The Morgan fingerprint density at radius 3 is 1.45 bits per heavy atom. The highest BCUT2D eigenvalue weighted by Gasteiger charge is 2.38. The number of carbonyl (C=O) groups is 2. The quantitative estimate of drug-likeness (QED) is 0.0424. The summed E-state index contributed by atoms with van der Waals surface area (Å²) in [6.45, 7) is 14.4. The molecule has 1 aliphatic carbocycles. The van der Waals surface area contributed by atoms with Gasteiger partial charge >= 0.3 is 11.9 Å². The highest BCUT2D eigenvalue weighted by atomic mass is 16.6. The molecule has 10 heteroatoms. The number of unbranched alkanes of at least 4 members (excludes halogenated alkanes) is 6. The van der Waals surface area contributed by atoms with E-state index in [0.717, 1.165) is 157 Å². The van der Waals surface area contributed by atoms with Gasteiger partial charge in [0.25, 0.3) is 0 Å². The molecule has 10 nitrogen and oxygen atoms in total. The molecule has 4 aromatic rings. The molecule has 2 saturated heterocycles. The largest absolute Gasteiger partial charge is 0.494 e. The lowest BCUT2D eigenvalue weighted by atomic mass is 9.83. The van der Waals surface area contributed by atoms with Crippen LogP contribution in [0.15, 0.2) is 72.8 Å². The van der Waals surface area contributed by atoms with Crippen molar-refractivity contribution in [2.75, 3.05) is 66.1 Å². The Kier molecular flexibility index (Phi) is 17.8. The van der Waals surface area contributed by atoms with Crippen LogP contribution in [-0.4, -0.2) is 90.2 Å². The molecule has 3 atom stereocenters. The van der Waals surface area contributed by atoms with E-state index in [1.165, 1.54) is 0 Å². The van der Waals surface area contributed by atoms with Crippen LogP contribution in [-0.2, 0) is 28.4 Å². The van der Waals surface area contributed by atoms with Crippen LogP contribution in [0.3, 0.4) is 0 Å². The molecule has 2 aliphatic heterocycles. The van der Waals surface area contributed by atoms with Crippen LogP contribution in [0.2, 0.25) is 0 Å². The predicted molar refractivity (Wildman–Crippen MR) is 251 cm³/mol. The number of fused-ring (bicyclic) bond motifs is 2. The molecule has 2 heterocycles. The van der Waals surface area contributed by atoms with Crippen molar-refractivity contribution < 1.29 is 47.5 Å². The zero-order chi connectivity index (χ0) is 44.6. The van der Waals surface area contributed by atoms with E-state index in [1.807, 2.05) is 72.8 Å². The van der Waals surface area contributed by atoms with Crippen LogP contribution < -0.4 is 9.47 Å². The van der Waals surface area contributed by atoms with E-state index in [4.69, 9.17) is 37.9 Å². The molecule has 0 bridgehead atoms. The Balaban J connectivity index is 0.780. The molecular weight excluding hydrogens is 809 g/mol. The third kappa shape index (κ3) is 13.2. The van der Waals surface area contributed by atoms with Crippen molar-refractivity contribution in [3.8, 4) is 11.5 Å². The minimum Gasteiger partial charge on any atom is -0.494 e. The molecule has 0 radical (unpaired) electrons. The summed E-state index contributed by atoms with van der Waals surface area (Å²) in [4.78, 5) is 26.8. The Morgan fingerprint density at radius 2 is 1.00 bits per heavy atom. The van der Waals surface area contributed by atoms with Gasteiger partial charge in [-0.05, 0) is 153 Å². The van der Waals surface area contributed by atoms with Gasteiger partial charge in [0.05, 0.1) is 64.0 Å². The third-order valence-electron chi connectivity index (χ3n) is 13.9. The normalized spacial score (nSPS) is 20.0. The van der Waals surface area contributed by atoms with Gasteiger partial charge in [0.1, 0.15) is 23.7 Å². The van der Waals surface area contributed by atoms with E-state index < -0.39 is 0 Å². The van der Waals surface area contributed by atoms with Crippen molar-refractivity contribution in [3.05, 3.63) is 83.9 Å². The van der Waals surface area contributed by atoms with Crippen molar-refractivity contribution in [3.63, 3.8) is 0 Å². The van der Waals surface area contributed by atoms with E-state index in [9.17, 15) is 9.59 Å². The molecular formula is C54H72O10. The first-order chi connectivity index (χ1) is 31.3. The number of rotatable bonds is 27. The van der Waals surface area contributed by atoms with Gasteiger partial charge in [-0.2, -0.15) is 0 Å². The minimum absolute atomic E-state index is 0.0971. The topological polar surface area (TPSA) is 108 Å². The molecule has 0 spiro atoms. The second-order valence-corrected chi connectivity index (χ2v) is 18.7. The fourth-order valence-corrected chi connectivity index (χ4v) is 9.03. The fraction of sp³-hybridized carbons (Fsp3) is 0.593. The van der Waals surface area contributed by atoms with E-state index in [2.05, 4.69) is 20.8 Å². The zero-order valence-corrected chi connectivity index (χ0v) is 38.7. The Morgan fingerprint density at radius 1 is 0.547 bits per heavy atom. The highest BCUT2D eigenvalue weighted by Crippen LogP contribution is 2.35. The molecule has 3 aliphatic rings.